The van der Waals surface area contributed by atoms with Crippen molar-refractivity contribution >= 4 is 24.1 Å². The SMILES string of the molecule is Cc1cc(CC(C=O)OC(=O)N2CCC(N3CCc4ccccc4NC3=O)CC2)cc(C)c1OCc1ccccc1. The van der Waals surface area contributed by atoms with Crippen LogP contribution in [0.4, 0.5) is 15.3 Å². The van der Waals surface area contributed by atoms with Gasteiger partial charge in [0.25, 0.3) is 0 Å². The van der Waals surface area contributed by atoms with E-state index in [1.165, 1.54) is 0 Å². The van der Waals surface area contributed by atoms with Crippen molar-refractivity contribution in [1.29, 1.82) is 0 Å². The number of aryl methyl sites for hydroxylation is 2. The Morgan fingerprint density at radius 1 is 0.976 bits per heavy atom. The monoisotopic (exact) mass is 555 g/mol. The number of aldehydes is 1. The Balaban J connectivity index is 1.13. The molecule has 0 bridgehead atoms. The van der Waals surface area contributed by atoms with Gasteiger partial charge in [-0.1, -0.05) is 60.7 Å². The van der Waals surface area contributed by atoms with Crippen LogP contribution in [0.3, 0.4) is 0 Å². The number of piperidine rings is 1. The van der Waals surface area contributed by atoms with E-state index in [-0.39, 0.29) is 12.1 Å². The van der Waals surface area contributed by atoms with Gasteiger partial charge < -0.3 is 24.6 Å². The summed E-state index contributed by atoms with van der Waals surface area (Å²) in [6, 6.07) is 21.8. The molecule has 1 fully saturated rings. The molecule has 2 aliphatic heterocycles. The number of urea groups is 1. The van der Waals surface area contributed by atoms with E-state index in [1.807, 2.05) is 85.5 Å². The van der Waals surface area contributed by atoms with E-state index in [9.17, 15) is 14.4 Å². The van der Waals surface area contributed by atoms with Gasteiger partial charge in [0.15, 0.2) is 12.4 Å². The Kier molecular flexibility index (Phi) is 8.87. The number of carbonyl (C=O) groups is 3. The number of fused-ring (bicyclic) bond motifs is 1. The fraction of sp³-hybridized carbons (Fsp3) is 0.364. The molecule has 8 nitrogen and oxygen atoms in total. The van der Waals surface area contributed by atoms with Gasteiger partial charge in [0, 0.05) is 37.8 Å². The number of ether oxygens (including phenoxy) is 2. The van der Waals surface area contributed by atoms with Crippen LogP contribution in [0.15, 0.2) is 66.7 Å². The maximum absolute atomic E-state index is 12.9. The second-order valence-corrected chi connectivity index (χ2v) is 10.8. The molecule has 0 aromatic heterocycles. The third kappa shape index (κ3) is 6.88. The molecule has 1 N–H and O–H groups in total. The van der Waals surface area contributed by atoms with Crippen molar-refractivity contribution in [2.75, 3.05) is 25.0 Å². The van der Waals surface area contributed by atoms with Gasteiger partial charge in [-0.3, -0.25) is 4.79 Å². The topological polar surface area (TPSA) is 88.2 Å². The van der Waals surface area contributed by atoms with Crippen LogP contribution in [-0.2, 0) is 29.0 Å². The summed E-state index contributed by atoms with van der Waals surface area (Å²) < 4.78 is 11.7. The third-order valence-corrected chi connectivity index (χ3v) is 7.89. The lowest BCUT2D eigenvalue weighted by Gasteiger charge is -2.37. The minimum absolute atomic E-state index is 0.0452. The van der Waals surface area contributed by atoms with E-state index < -0.39 is 12.2 Å². The summed E-state index contributed by atoms with van der Waals surface area (Å²) in [5.41, 5.74) is 5.92. The number of rotatable bonds is 8. The van der Waals surface area contributed by atoms with Crippen LogP contribution in [-0.4, -0.2) is 60.0 Å². The van der Waals surface area contributed by atoms with Crippen LogP contribution in [0.25, 0.3) is 0 Å². The second kappa shape index (κ2) is 12.9. The minimum atomic E-state index is -0.884. The molecule has 2 heterocycles. The summed E-state index contributed by atoms with van der Waals surface area (Å²) in [5.74, 6) is 0.821. The molecule has 3 aromatic rings. The van der Waals surface area contributed by atoms with Crippen LogP contribution in [0.5, 0.6) is 5.75 Å². The molecule has 0 aliphatic carbocycles. The van der Waals surface area contributed by atoms with Gasteiger partial charge in [0.1, 0.15) is 12.4 Å². The minimum Gasteiger partial charge on any atom is -0.488 e. The summed E-state index contributed by atoms with van der Waals surface area (Å²) >= 11 is 0. The van der Waals surface area contributed by atoms with Gasteiger partial charge in [-0.15, -0.1) is 0 Å². The molecule has 1 unspecified atom stereocenters. The molecule has 0 saturated carbocycles. The van der Waals surface area contributed by atoms with Gasteiger partial charge in [-0.05, 0) is 67.0 Å². The lowest BCUT2D eigenvalue weighted by molar-refractivity contribution is -0.115. The molecular weight excluding hydrogens is 518 g/mol. The predicted octanol–water partition coefficient (Wildman–Crippen LogP) is 5.68. The smallest absolute Gasteiger partial charge is 0.410 e. The molecule has 2 aliphatic rings. The second-order valence-electron chi connectivity index (χ2n) is 10.8. The standard InChI is InChI=1S/C33H37N3O5/c1-23-18-26(19-24(2)31(23)40-22-25-8-4-3-5-9-25)20-29(21-37)41-33(39)35-15-13-28(14-16-35)36-17-12-27-10-6-7-11-30(27)34-32(36)38/h3-11,18-19,21,28-29H,12-17,20,22H2,1-2H3,(H,34,38). The van der Waals surface area contributed by atoms with Crippen molar-refractivity contribution in [1.82, 2.24) is 9.80 Å². The number of nitrogens with zero attached hydrogens (tertiary/aromatic N) is 2. The normalized spacial score (nSPS) is 16.3. The Bertz CT molecular complexity index is 1360. The molecule has 3 aromatic carbocycles. The highest BCUT2D eigenvalue weighted by Gasteiger charge is 2.32. The van der Waals surface area contributed by atoms with E-state index in [0.29, 0.717) is 51.8 Å². The lowest BCUT2D eigenvalue weighted by atomic mass is 10.0. The van der Waals surface area contributed by atoms with Crippen molar-refractivity contribution in [3.63, 3.8) is 0 Å². The highest BCUT2D eigenvalue weighted by atomic mass is 16.6. The zero-order valence-corrected chi connectivity index (χ0v) is 23.7. The molecule has 41 heavy (non-hydrogen) atoms. The summed E-state index contributed by atoms with van der Waals surface area (Å²) in [4.78, 5) is 41.2. The van der Waals surface area contributed by atoms with Crippen LogP contribution in [0.2, 0.25) is 0 Å². The third-order valence-electron chi connectivity index (χ3n) is 7.89. The number of para-hydroxylation sites is 1. The maximum atomic E-state index is 12.9. The fourth-order valence-corrected chi connectivity index (χ4v) is 5.77. The van der Waals surface area contributed by atoms with Gasteiger partial charge in [-0.25, -0.2) is 9.59 Å². The molecule has 0 spiro atoms. The number of hydrogen-bond acceptors (Lipinski definition) is 5. The average Bonchev–Trinajstić information content (AvgIpc) is 3.15. The first kappa shape index (κ1) is 28.2. The van der Waals surface area contributed by atoms with Gasteiger partial charge in [0.05, 0.1) is 0 Å². The van der Waals surface area contributed by atoms with Gasteiger partial charge in [0.2, 0.25) is 0 Å². The van der Waals surface area contributed by atoms with E-state index in [2.05, 4.69) is 5.32 Å². The first-order chi connectivity index (χ1) is 19.9. The number of likely N-dealkylation sites (tertiary alicyclic amines) is 1. The van der Waals surface area contributed by atoms with Crippen molar-refractivity contribution in [3.8, 4) is 5.75 Å². The zero-order chi connectivity index (χ0) is 28.8. The first-order valence-corrected chi connectivity index (χ1v) is 14.2. The quantitative estimate of drug-likeness (QED) is 0.361. The van der Waals surface area contributed by atoms with Crippen molar-refractivity contribution in [2.45, 2.75) is 58.3 Å². The van der Waals surface area contributed by atoms with Gasteiger partial charge >= 0.3 is 12.1 Å². The predicted molar refractivity (Wildman–Crippen MR) is 157 cm³/mol. The van der Waals surface area contributed by atoms with E-state index in [1.54, 1.807) is 4.90 Å². The lowest BCUT2D eigenvalue weighted by Crippen LogP contribution is -2.50. The Labute approximate surface area is 241 Å². The molecule has 8 heteroatoms. The van der Waals surface area contributed by atoms with E-state index >= 15 is 0 Å². The van der Waals surface area contributed by atoms with Crippen molar-refractivity contribution in [3.05, 3.63) is 94.5 Å². The number of hydrogen-bond donors (Lipinski definition) is 1. The molecule has 214 valence electrons. The first-order valence-electron chi connectivity index (χ1n) is 14.2. The maximum Gasteiger partial charge on any atom is 0.410 e. The van der Waals surface area contributed by atoms with Crippen molar-refractivity contribution < 1.29 is 23.9 Å². The Morgan fingerprint density at radius 2 is 1.66 bits per heavy atom. The molecule has 5 rings (SSSR count). The fourth-order valence-electron chi connectivity index (χ4n) is 5.77. The number of benzene rings is 3. The molecule has 1 saturated heterocycles. The van der Waals surface area contributed by atoms with E-state index in [4.69, 9.17) is 9.47 Å². The zero-order valence-electron chi connectivity index (χ0n) is 23.7. The molecule has 0 radical (unpaired) electrons. The highest BCUT2D eigenvalue weighted by Crippen LogP contribution is 2.28. The van der Waals surface area contributed by atoms with E-state index in [0.717, 1.165) is 45.7 Å². The van der Waals surface area contributed by atoms with Crippen LogP contribution >= 0.6 is 0 Å². The van der Waals surface area contributed by atoms with Gasteiger partial charge in [-0.2, -0.15) is 0 Å². The molecule has 3 amide bonds. The summed E-state index contributed by atoms with van der Waals surface area (Å²) in [5, 5.41) is 3.02. The summed E-state index contributed by atoms with van der Waals surface area (Å²) in [7, 11) is 0. The largest absolute Gasteiger partial charge is 0.488 e. The number of nitrogens with one attached hydrogen (secondary N) is 1. The molecular formula is C33H37N3O5. The van der Waals surface area contributed by atoms with Crippen LogP contribution < -0.4 is 10.1 Å². The van der Waals surface area contributed by atoms with Crippen molar-refractivity contribution in [2.24, 2.45) is 0 Å². The summed E-state index contributed by atoms with van der Waals surface area (Å²) in [6.45, 7) is 6.01. The number of carbonyl (C=O) groups excluding carboxylic acids is 3. The summed E-state index contributed by atoms with van der Waals surface area (Å²) in [6.07, 6.45) is 1.71. The van der Waals surface area contributed by atoms with Crippen LogP contribution in [0.1, 0.15) is 40.7 Å². The number of amides is 3. The molecule has 1 atom stereocenters. The Hall–Kier alpha value is -4.33. The van der Waals surface area contributed by atoms with Crippen LogP contribution in [0, 0.1) is 13.8 Å². The Morgan fingerprint density at radius 3 is 2.37 bits per heavy atom. The number of anilines is 1. The average molecular weight is 556 g/mol. The highest BCUT2D eigenvalue weighted by molar-refractivity contribution is 5.91.